The van der Waals surface area contributed by atoms with Gasteiger partial charge < -0.3 is 30.0 Å². The fraction of sp³-hybridized carbons (Fsp3) is 0.353. The molecule has 0 unspecified atom stereocenters. The van der Waals surface area contributed by atoms with Crippen LogP contribution < -0.4 is 10.6 Å². The van der Waals surface area contributed by atoms with Crippen molar-refractivity contribution in [3.63, 3.8) is 0 Å². The number of H-pyrrole nitrogens is 1. The number of nitrogens with zero attached hydrogens (tertiary/aromatic N) is 5. The summed E-state index contributed by atoms with van der Waals surface area (Å²) in [5.74, 6) is -0.565. The summed E-state index contributed by atoms with van der Waals surface area (Å²) in [6.07, 6.45) is 3.99. The lowest BCUT2D eigenvalue weighted by Crippen LogP contribution is -2.54. The Hall–Kier alpha value is -4.85. The molecule has 1 fully saturated rings. The molecular formula is C34H39FN8O4. The Labute approximate surface area is 271 Å². The highest BCUT2D eigenvalue weighted by Crippen LogP contribution is 2.34. The van der Waals surface area contributed by atoms with E-state index in [9.17, 15) is 9.59 Å². The van der Waals surface area contributed by atoms with Gasteiger partial charge in [-0.05, 0) is 58.2 Å². The number of para-hydroxylation sites is 1. The molecule has 3 aromatic heterocycles. The number of carbonyl (C=O) groups excluding carboxylic acids is 2. The number of nitrogens with one attached hydrogen (secondary N) is 3. The smallest absolute Gasteiger partial charge is 0.418 e. The zero-order valence-corrected chi connectivity index (χ0v) is 27.1. The molecule has 3 N–H and O–H groups in total. The van der Waals surface area contributed by atoms with Gasteiger partial charge in [-0.25, -0.2) is 19.2 Å². The highest BCUT2D eigenvalue weighted by Gasteiger charge is 2.29. The van der Waals surface area contributed by atoms with E-state index in [1.165, 1.54) is 4.57 Å². The summed E-state index contributed by atoms with van der Waals surface area (Å²) in [6.45, 7) is 9.01. The SMILES string of the molecule is COC[C@H](C(=O)Nc1cccc2c(-c3nc(Nc4ccc5c(ccn5C(=O)OC(C)(C)C)c4)ncc3F)c[nH]c12)N1CCN(C)CC1. The molecule has 1 aliphatic heterocycles. The fourth-order valence-corrected chi connectivity index (χ4v) is 5.74. The van der Waals surface area contributed by atoms with Crippen LogP contribution in [0.3, 0.4) is 0 Å². The first kappa shape index (κ1) is 32.1. The molecule has 246 valence electrons. The van der Waals surface area contributed by atoms with E-state index < -0.39 is 23.6 Å². The van der Waals surface area contributed by atoms with Crippen molar-refractivity contribution in [2.24, 2.45) is 0 Å². The maximum atomic E-state index is 15.2. The molecule has 0 radical (unpaired) electrons. The van der Waals surface area contributed by atoms with Crippen molar-refractivity contribution in [3.05, 3.63) is 66.9 Å². The molecule has 2 aromatic carbocycles. The number of methoxy groups -OCH3 is 1. The van der Waals surface area contributed by atoms with Gasteiger partial charge in [-0.3, -0.25) is 14.3 Å². The Balaban J connectivity index is 1.23. The molecule has 0 saturated carbocycles. The summed E-state index contributed by atoms with van der Waals surface area (Å²) in [6, 6.07) is 12.3. The van der Waals surface area contributed by atoms with Crippen LogP contribution in [-0.4, -0.2) is 99.9 Å². The largest absolute Gasteiger partial charge is 0.443 e. The van der Waals surface area contributed by atoms with E-state index in [0.717, 1.165) is 37.8 Å². The number of ether oxygens (including phenoxy) is 2. The average Bonchev–Trinajstić information content (AvgIpc) is 3.65. The summed E-state index contributed by atoms with van der Waals surface area (Å²) in [4.78, 5) is 42.4. The number of aromatic amines is 1. The van der Waals surface area contributed by atoms with Crippen LogP contribution in [0.15, 0.2) is 61.1 Å². The molecule has 1 atom stereocenters. The van der Waals surface area contributed by atoms with E-state index in [1.54, 1.807) is 31.6 Å². The molecular weight excluding hydrogens is 603 g/mol. The number of anilines is 3. The van der Waals surface area contributed by atoms with Crippen molar-refractivity contribution < 1.29 is 23.5 Å². The van der Waals surface area contributed by atoms with Crippen LogP contribution in [-0.2, 0) is 14.3 Å². The molecule has 12 nitrogen and oxygen atoms in total. The standard InChI is InChI=1S/C34H39FN8O4/c1-34(2,3)47-33(45)43-12-11-21-17-22(9-10-27(21)43)38-32-37-19-25(35)29(40-32)24-18-36-30-23(24)7-6-8-26(30)39-31(44)28(20-46-5)42-15-13-41(4)14-16-42/h6-12,17-19,28,36H,13-16,20H2,1-5H3,(H,39,44)(H,37,38,40)/t28-/m1/s1. The van der Waals surface area contributed by atoms with Crippen molar-refractivity contribution in [3.8, 4) is 11.3 Å². The number of benzene rings is 2. The Morgan fingerprint density at radius 2 is 1.89 bits per heavy atom. The van der Waals surface area contributed by atoms with Gasteiger partial charge in [0, 0.05) is 67.7 Å². The zero-order chi connectivity index (χ0) is 33.3. The number of amides is 1. The molecule has 13 heteroatoms. The number of halogens is 1. The van der Waals surface area contributed by atoms with E-state index in [-0.39, 0.29) is 24.2 Å². The van der Waals surface area contributed by atoms with E-state index in [0.29, 0.717) is 33.4 Å². The van der Waals surface area contributed by atoms with Gasteiger partial charge in [0.25, 0.3) is 0 Å². The van der Waals surface area contributed by atoms with Crippen molar-refractivity contribution in [1.29, 1.82) is 0 Å². The Kier molecular flexibility index (Phi) is 8.95. The quantitative estimate of drug-likeness (QED) is 0.202. The van der Waals surface area contributed by atoms with Crippen LogP contribution in [0.4, 0.5) is 26.5 Å². The number of carbonyl (C=O) groups is 2. The van der Waals surface area contributed by atoms with Gasteiger partial charge in [0.2, 0.25) is 11.9 Å². The molecule has 6 rings (SSSR count). The van der Waals surface area contributed by atoms with Gasteiger partial charge in [0.1, 0.15) is 17.3 Å². The summed E-state index contributed by atoms with van der Waals surface area (Å²) >= 11 is 0. The minimum atomic E-state index is -0.620. The lowest BCUT2D eigenvalue weighted by Gasteiger charge is -2.36. The Morgan fingerprint density at radius 3 is 2.64 bits per heavy atom. The van der Waals surface area contributed by atoms with Crippen molar-refractivity contribution in [1.82, 2.24) is 29.3 Å². The van der Waals surface area contributed by atoms with Crippen molar-refractivity contribution >= 4 is 51.1 Å². The number of hydrogen-bond donors (Lipinski definition) is 3. The Morgan fingerprint density at radius 1 is 1.11 bits per heavy atom. The number of hydrogen-bond acceptors (Lipinski definition) is 9. The van der Waals surface area contributed by atoms with Crippen molar-refractivity contribution in [2.75, 3.05) is 57.6 Å². The number of aromatic nitrogens is 4. The minimum Gasteiger partial charge on any atom is -0.443 e. The third-order valence-corrected chi connectivity index (χ3v) is 8.11. The molecule has 4 heterocycles. The predicted molar refractivity (Wildman–Crippen MR) is 179 cm³/mol. The molecule has 0 spiro atoms. The lowest BCUT2D eigenvalue weighted by molar-refractivity contribution is -0.124. The minimum absolute atomic E-state index is 0.101. The number of rotatable bonds is 8. The number of piperazine rings is 1. The maximum absolute atomic E-state index is 15.2. The summed E-state index contributed by atoms with van der Waals surface area (Å²) in [7, 11) is 3.66. The van der Waals surface area contributed by atoms with E-state index in [2.05, 4.69) is 42.4 Å². The molecule has 5 aromatic rings. The fourth-order valence-electron chi connectivity index (χ4n) is 5.74. The molecule has 1 saturated heterocycles. The number of likely N-dealkylation sites (N-methyl/N-ethyl adjacent to an activating group) is 1. The lowest BCUT2D eigenvalue weighted by atomic mass is 10.1. The zero-order valence-electron chi connectivity index (χ0n) is 27.1. The van der Waals surface area contributed by atoms with Gasteiger partial charge in [-0.1, -0.05) is 12.1 Å². The molecule has 0 aliphatic carbocycles. The summed E-state index contributed by atoms with van der Waals surface area (Å²) < 4.78 is 27.6. The van der Waals surface area contributed by atoms with Gasteiger partial charge in [0.05, 0.1) is 29.5 Å². The third kappa shape index (κ3) is 6.97. The van der Waals surface area contributed by atoms with Crippen LogP contribution in [0.2, 0.25) is 0 Å². The molecule has 47 heavy (non-hydrogen) atoms. The monoisotopic (exact) mass is 642 g/mol. The van der Waals surface area contributed by atoms with Crippen LogP contribution >= 0.6 is 0 Å². The third-order valence-electron chi connectivity index (χ3n) is 8.11. The van der Waals surface area contributed by atoms with E-state index in [1.807, 2.05) is 51.1 Å². The van der Waals surface area contributed by atoms with Crippen LogP contribution in [0.5, 0.6) is 0 Å². The van der Waals surface area contributed by atoms with Crippen LogP contribution in [0.1, 0.15) is 20.8 Å². The average molecular weight is 643 g/mol. The molecule has 1 amide bonds. The highest BCUT2D eigenvalue weighted by atomic mass is 19.1. The van der Waals surface area contributed by atoms with Crippen LogP contribution in [0.25, 0.3) is 33.1 Å². The summed E-state index contributed by atoms with van der Waals surface area (Å²) in [5.41, 5.74) is 2.58. The first-order valence-corrected chi connectivity index (χ1v) is 15.5. The van der Waals surface area contributed by atoms with E-state index in [4.69, 9.17) is 9.47 Å². The maximum Gasteiger partial charge on any atom is 0.418 e. The highest BCUT2D eigenvalue weighted by molar-refractivity contribution is 6.06. The second-order valence-electron chi connectivity index (χ2n) is 12.7. The van der Waals surface area contributed by atoms with Gasteiger partial charge in [0.15, 0.2) is 5.82 Å². The van der Waals surface area contributed by atoms with E-state index >= 15 is 4.39 Å². The predicted octanol–water partition coefficient (Wildman–Crippen LogP) is 5.45. The topological polar surface area (TPSA) is 130 Å². The number of fused-ring (bicyclic) bond motifs is 2. The second kappa shape index (κ2) is 13.1. The summed E-state index contributed by atoms with van der Waals surface area (Å²) in [5, 5.41) is 7.70. The first-order chi connectivity index (χ1) is 22.5. The molecule has 1 aliphatic rings. The molecule has 0 bridgehead atoms. The first-order valence-electron chi connectivity index (χ1n) is 15.5. The second-order valence-corrected chi connectivity index (χ2v) is 12.7. The normalized spacial score (nSPS) is 15.2. The van der Waals surface area contributed by atoms with Crippen molar-refractivity contribution in [2.45, 2.75) is 32.4 Å². The van der Waals surface area contributed by atoms with Gasteiger partial charge >= 0.3 is 6.09 Å². The van der Waals surface area contributed by atoms with Crippen LogP contribution in [0, 0.1) is 5.82 Å². The van der Waals surface area contributed by atoms with Gasteiger partial charge in [-0.2, -0.15) is 0 Å². The Bertz CT molecular complexity index is 1920. The van der Waals surface area contributed by atoms with Gasteiger partial charge in [-0.15, -0.1) is 0 Å².